The van der Waals surface area contributed by atoms with Gasteiger partial charge in [0, 0.05) is 5.39 Å². The molecular weight excluding hydrogens is 244 g/mol. The molecule has 3 N–H and O–H groups in total. The minimum absolute atomic E-state index is 0.134. The standard InChI is InChI=1S/C14H12N2O3/c1-2-7-11(17)10-12(18)8-5-3-4-6-9(8)15-13(10)16-14(7)19/h3-6H,2H2,1H3,(H3,15,16,17,18,19). The lowest BCUT2D eigenvalue weighted by Crippen LogP contribution is -2.16. The van der Waals surface area contributed by atoms with Gasteiger partial charge in [0.25, 0.3) is 5.56 Å². The van der Waals surface area contributed by atoms with Gasteiger partial charge in [-0.25, -0.2) is 0 Å². The SMILES string of the molecule is CCc1c(O)c2c(=O)c3ccccc3[nH]c2[nH]c1=O. The van der Waals surface area contributed by atoms with Gasteiger partial charge in [0.15, 0.2) is 0 Å². The van der Waals surface area contributed by atoms with Gasteiger partial charge in [-0.3, -0.25) is 9.59 Å². The summed E-state index contributed by atoms with van der Waals surface area (Å²) in [7, 11) is 0. The summed E-state index contributed by atoms with van der Waals surface area (Å²) in [5.41, 5.74) is 0.446. The Bertz CT molecular complexity index is 906. The number of aromatic hydroxyl groups is 1. The minimum Gasteiger partial charge on any atom is -0.507 e. The van der Waals surface area contributed by atoms with Crippen LogP contribution in [0.5, 0.6) is 5.75 Å². The van der Waals surface area contributed by atoms with Gasteiger partial charge in [0.2, 0.25) is 5.43 Å². The highest BCUT2D eigenvalue weighted by Gasteiger charge is 2.15. The van der Waals surface area contributed by atoms with Crippen molar-refractivity contribution < 1.29 is 5.11 Å². The number of aromatic amines is 2. The molecule has 96 valence electrons. The lowest BCUT2D eigenvalue weighted by molar-refractivity contribution is 0.473. The molecule has 5 heteroatoms. The van der Waals surface area contributed by atoms with E-state index in [-0.39, 0.29) is 33.3 Å². The molecule has 0 spiro atoms. The van der Waals surface area contributed by atoms with E-state index in [1.807, 2.05) is 0 Å². The molecule has 0 unspecified atom stereocenters. The monoisotopic (exact) mass is 256 g/mol. The van der Waals surface area contributed by atoms with Crippen LogP contribution in [-0.2, 0) is 6.42 Å². The Morgan fingerprint density at radius 3 is 2.63 bits per heavy atom. The zero-order valence-corrected chi connectivity index (χ0v) is 10.3. The number of nitrogens with one attached hydrogen (secondary N) is 2. The molecule has 2 heterocycles. The van der Waals surface area contributed by atoms with E-state index >= 15 is 0 Å². The van der Waals surface area contributed by atoms with Crippen molar-refractivity contribution in [1.29, 1.82) is 0 Å². The maximum Gasteiger partial charge on any atom is 0.256 e. The fourth-order valence-electron chi connectivity index (χ4n) is 2.33. The summed E-state index contributed by atoms with van der Waals surface area (Å²) in [4.78, 5) is 29.8. The van der Waals surface area contributed by atoms with Crippen molar-refractivity contribution in [2.75, 3.05) is 0 Å². The van der Waals surface area contributed by atoms with Crippen molar-refractivity contribution in [3.8, 4) is 5.75 Å². The van der Waals surface area contributed by atoms with Crippen molar-refractivity contribution in [3.05, 3.63) is 50.4 Å². The number of para-hydroxylation sites is 1. The summed E-state index contributed by atoms with van der Waals surface area (Å²) in [5, 5.41) is 10.8. The molecule has 0 amide bonds. The van der Waals surface area contributed by atoms with E-state index < -0.39 is 0 Å². The fourth-order valence-corrected chi connectivity index (χ4v) is 2.33. The van der Waals surface area contributed by atoms with E-state index in [0.717, 1.165) is 0 Å². The van der Waals surface area contributed by atoms with Gasteiger partial charge in [-0.05, 0) is 18.6 Å². The molecule has 0 aliphatic rings. The van der Waals surface area contributed by atoms with Crippen molar-refractivity contribution in [1.82, 2.24) is 9.97 Å². The average molecular weight is 256 g/mol. The molecule has 0 aliphatic heterocycles. The Balaban J connectivity index is 2.64. The number of pyridine rings is 2. The number of hydrogen-bond donors (Lipinski definition) is 3. The molecule has 0 bridgehead atoms. The van der Waals surface area contributed by atoms with E-state index in [4.69, 9.17) is 0 Å². The lowest BCUT2D eigenvalue weighted by Gasteiger charge is -2.06. The van der Waals surface area contributed by atoms with Crippen molar-refractivity contribution in [3.63, 3.8) is 0 Å². The van der Waals surface area contributed by atoms with Crippen LogP contribution in [0.3, 0.4) is 0 Å². The molecule has 0 aliphatic carbocycles. The van der Waals surface area contributed by atoms with Crippen LogP contribution in [0.15, 0.2) is 33.9 Å². The molecule has 0 fully saturated rings. The van der Waals surface area contributed by atoms with E-state index in [1.54, 1.807) is 31.2 Å². The molecule has 0 saturated carbocycles. The second-order valence-electron chi connectivity index (χ2n) is 4.38. The predicted molar refractivity (Wildman–Crippen MR) is 73.7 cm³/mol. The number of aromatic nitrogens is 2. The van der Waals surface area contributed by atoms with Gasteiger partial charge in [-0.1, -0.05) is 19.1 Å². The second-order valence-corrected chi connectivity index (χ2v) is 4.38. The normalized spacial score (nSPS) is 11.2. The van der Waals surface area contributed by atoms with Gasteiger partial charge >= 0.3 is 0 Å². The fraction of sp³-hybridized carbons (Fsp3) is 0.143. The summed E-state index contributed by atoms with van der Waals surface area (Å²) in [5.74, 6) is -0.228. The molecule has 2 aromatic heterocycles. The smallest absolute Gasteiger partial charge is 0.256 e. The molecule has 0 saturated heterocycles. The summed E-state index contributed by atoms with van der Waals surface area (Å²) >= 11 is 0. The molecule has 3 rings (SSSR count). The van der Waals surface area contributed by atoms with Crippen molar-refractivity contribution in [2.24, 2.45) is 0 Å². The van der Waals surface area contributed by atoms with Gasteiger partial charge in [0.05, 0.1) is 11.1 Å². The third-order valence-electron chi connectivity index (χ3n) is 3.30. The van der Waals surface area contributed by atoms with Gasteiger partial charge < -0.3 is 15.1 Å². The van der Waals surface area contributed by atoms with E-state index in [1.165, 1.54) is 0 Å². The number of H-pyrrole nitrogens is 2. The number of benzene rings is 1. The van der Waals surface area contributed by atoms with Crippen LogP contribution in [0.1, 0.15) is 12.5 Å². The highest BCUT2D eigenvalue weighted by atomic mass is 16.3. The molecule has 0 atom stereocenters. The Labute approximate surface area is 107 Å². The maximum atomic E-state index is 12.4. The minimum atomic E-state index is -0.376. The van der Waals surface area contributed by atoms with Gasteiger partial charge in [-0.2, -0.15) is 0 Å². The Hall–Kier alpha value is -2.56. The Morgan fingerprint density at radius 2 is 1.89 bits per heavy atom. The second kappa shape index (κ2) is 3.98. The average Bonchev–Trinajstić information content (AvgIpc) is 2.39. The zero-order chi connectivity index (χ0) is 13.6. The van der Waals surface area contributed by atoms with Gasteiger partial charge in [-0.15, -0.1) is 0 Å². The van der Waals surface area contributed by atoms with Crippen LogP contribution in [-0.4, -0.2) is 15.1 Å². The quantitative estimate of drug-likeness (QED) is 0.578. The van der Waals surface area contributed by atoms with Crippen LogP contribution >= 0.6 is 0 Å². The van der Waals surface area contributed by atoms with E-state index in [9.17, 15) is 14.7 Å². The first-order chi connectivity index (χ1) is 9.13. The van der Waals surface area contributed by atoms with E-state index in [2.05, 4.69) is 9.97 Å². The molecule has 5 nitrogen and oxygen atoms in total. The highest BCUT2D eigenvalue weighted by molar-refractivity contribution is 5.94. The van der Waals surface area contributed by atoms with Crippen molar-refractivity contribution >= 4 is 21.9 Å². The third-order valence-corrected chi connectivity index (χ3v) is 3.30. The van der Waals surface area contributed by atoms with Crippen LogP contribution in [0, 0.1) is 0 Å². The highest BCUT2D eigenvalue weighted by Crippen LogP contribution is 2.23. The Morgan fingerprint density at radius 1 is 1.16 bits per heavy atom. The summed E-state index contributed by atoms with van der Waals surface area (Å²) in [6.07, 6.45) is 0.364. The first-order valence-electron chi connectivity index (χ1n) is 6.02. The topological polar surface area (TPSA) is 85.9 Å². The molecule has 3 aromatic rings. The van der Waals surface area contributed by atoms with Crippen molar-refractivity contribution in [2.45, 2.75) is 13.3 Å². The van der Waals surface area contributed by atoms with Gasteiger partial charge in [0.1, 0.15) is 16.8 Å². The molecule has 0 radical (unpaired) electrons. The number of hydrogen-bond acceptors (Lipinski definition) is 3. The number of fused-ring (bicyclic) bond motifs is 2. The maximum absolute atomic E-state index is 12.4. The third kappa shape index (κ3) is 1.55. The number of rotatable bonds is 1. The predicted octanol–water partition coefficient (Wildman–Crippen LogP) is 1.64. The zero-order valence-electron chi connectivity index (χ0n) is 10.3. The van der Waals surface area contributed by atoms with Crippen LogP contribution in [0.4, 0.5) is 0 Å². The van der Waals surface area contributed by atoms with Crippen LogP contribution in [0.2, 0.25) is 0 Å². The lowest BCUT2D eigenvalue weighted by atomic mass is 10.1. The molecular formula is C14H12N2O3. The summed E-state index contributed by atoms with van der Waals surface area (Å²) < 4.78 is 0. The summed E-state index contributed by atoms with van der Waals surface area (Å²) in [6.45, 7) is 1.76. The molecule has 1 aromatic carbocycles. The Kier molecular flexibility index (Phi) is 2.41. The van der Waals surface area contributed by atoms with Crippen LogP contribution < -0.4 is 11.0 Å². The first kappa shape index (κ1) is 11.5. The largest absolute Gasteiger partial charge is 0.507 e. The molecule has 19 heavy (non-hydrogen) atoms. The first-order valence-corrected chi connectivity index (χ1v) is 6.02. The van der Waals surface area contributed by atoms with Crippen LogP contribution in [0.25, 0.3) is 21.9 Å². The summed E-state index contributed by atoms with van der Waals surface area (Å²) in [6, 6.07) is 6.98. The van der Waals surface area contributed by atoms with E-state index in [0.29, 0.717) is 17.3 Å².